The minimum Gasteiger partial charge on any atom is -0.378 e. The van der Waals surface area contributed by atoms with Crippen LogP contribution in [0.15, 0.2) is 0 Å². The van der Waals surface area contributed by atoms with E-state index in [-0.39, 0.29) is 0 Å². The van der Waals surface area contributed by atoms with Gasteiger partial charge in [0.15, 0.2) is 10.8 Å². The van der Waals surface area contributed by atoms with Crippen molar-refractivity contribution in [3.8, 4) is 0 Å². The smallest absolute Gasteiger partial charge is 0.187 e. The van der Waals surface area contributed by atoms with Gasteiger partial charge < -0.3 is 9.64 Å². The minimum atomic E-state index is 0.434. The van der Waals surface area contributed by atoms with Crippen LogP contribution in [0.3, 0.4) is 0 Å². The number of hydrogen-bond acceptors (Lipinski definition) is 5. The Labute approximate surface area is 123 Å². The number of thiazole rings is 1. The van der Waals surface area contributed by atoms with Gasteiger partial charge in [-0.05, 0) is 32.6 Å². The average molecular weight is 294 g/mol. The molecule has 0 spiro atoms. The molecule has 1 atom stereocenters. The van der Waals surface area contributed by atoms with Crippen molar-refractivity contribution in [1.82, 2.24) is 14.8 Å². The second-order valence-electron chi connectivity index (χ2n) is 5.56. The fourth-order valence-corrected chi connectivity index (χ4v) is 3.72. The standard InChI is InChI=1S/C14H22N4OS/c1-10-12-13(18(3)16-10)15-14(20-12)17(2)8-7-11-6-4-5-9-19-11/h11H,4-9H2,1-3H3/t11-/m1/s1. The van der Waals surface area contributed by atoms with Gasteiger partial charge in [0.05, 0.1) is 16.5 Å². The van der Waals surface area contributed by atoms with Gasteiger partial charge in [0.1, 0.15) is 0 Å². The molecule has 1 aliphatic heterocycles. The Morgan fingerprint density at radius 3 is 3.00 bits per heavy atom. The molecular formula is C14H22N4OS. The molecule has 0 N–H and O–H groups in total. The molecule has 5 nitrogen and oxygen atoms in total. The van der Waals surface area contributed by atoms with Gasteiger partial charge in [-0.3, -0.25) is 0 Å². The van der Waals surface area contributed by atoms with E-state index in [1.54, 1.807) is 11.3 Å². The molecule has 0 amide bonds. The van der Waals surface area contributed by atoms with Gasteiger partial charge in [-0.1, -0.05) is 11.3 Å². The lowest BCUT2D eigenvalue weighted by Gasteiger charge is -2.25. The summed E-state index contributed by atoms with van der Waals surface area (Å²) in [6.07, 6.45) is 5.25. The number of rotatable bonds is 4. The number of fused-ring (bicyclic) bond motifs is 1. The van der Waals surface area contributed by atoms with Gasteiger partial charge in [-0.2, -0.15) is 5.10 Å². The highest BCUT2D eigenvalue weighted by atomic mass is 32.1. The van der Waals surface area contributed by atoms with Crippen molar-refractivity contribution in [2.24, 2.45) is 7.05 Å². The third kappa shape index (κ3) is 2.67. The maximum Gasteiger partial charge on any atom is 0.187 e. The maximum absolute atomic E-state index is 5.79. The van der Waals surface area contributed by atoms with Crippen LogP contribution in [0, 0.1) is 6.92 Å². The van der Waals surface area contributed by atoms with Crippen LogP contribution in [0.5, 0.6) is 0 Å². The highest BCUT2D eigenvalue weighted by Crippen LogP contribution is 2.30. The van der Waals surface area contributed by atoms with Crippen LogP contribution in [0.4, 0.5) is 5.13 Å². The van der Waals surface area contributed by atoms with Crippen LogP contribution in [0.25, 0.3) is 10.3 Å². The number of ether oxygens (including phenoxy) is 1. The molecule has 3 heterocycles. The summed E-state index contributed by atoms with van der Waals surface area (Å²) < 4.78 is 8.85. The Hall–Kier alpha value is -1.14. The van der Waals surface area contributed by atoms with Crippen molar-refractivity contribution in [3.63, 3.8) is 0 Å². The van der Waals surface area contributed by atoms with E-state index in [4.69, 9.17) is 9.72 Å². The lowest BCUT2D eigenvalue weighted by atomic mass is 10.1. The predicted octanol–water partition coefficient (Wildman–Crippen LogP) is 2.73. The normalized spacial score (nSPS) is 19.6. The van der Waals surface area contributed by atoms with Gasteiger partial charge in [-0.25, -0.2) is 9.67 Å². The molecule has 1 fully saturated rings. The molecule has 20 heavy (non-hydrogen) atoms. The summed E-state index contributed by atoms with van der Waals surface area (Å²) in [4.78, 5) is 6.94. The SMILES string of the molecule is Cc1nn(C)c2nc(N(C)CC[C@H]3CCCCO3)sc12. The Morgan fingerprint density at radius 1 is 1.45 bits per heavy atom. The highest BCUT2D eigenvalue weighted by Gasteiger charge is 2.17. The first-order valence-corrected chi connectivity index (χ1v) is 8.09. The van der Waals surface area contributed by atoms with Crippen LogP contribution in [0.1, 0.15) is 31.4 Å². The van der Waals surface area contributed by atoms with Crippen LogP contribution < -0.4 is 4.90 Å². The fourth-order valence-electron chi connectivity index (χ4n) is 2.71. The van der Waals surface area contributed by atoms with Crippen LogP contribution in [0.2, 0.25) is 0 Å². The summed E-state index contributed by atoms with van der Waals surface area (Å²) in [6.45, 7) is 3.97. The summed E-state index contributed by atoms with van der Waals surface area (Å²) in [7, 11) is 4.07. The summed E-state index contributed by atoms with van der Waals surface area (Å²) in [5.74, 6) is 0. The highest BCUT2D eigenvalue weighted by molar-refractivity contribution is 7.22. The Kier molecular flexibility index (Phi) is 3.94. The lowest BCUT2D eigenvalue weighted by molar-refractivity contribution is 0.0127. The van der Waals surface area contributed by atoms with Gasteiger partial charge >= 0.3 is 0 Å². The first-order valence-electron chi connectivity index (χ1n) is 7.28. The fraction of sp³-hybridized carbons (Fsp3) is 0.714. The van der Waals surface area contributed by atoms with Crippen molar-refractivity contribution in [2.45, 2.75) is 38.7 Å². The molecule has 0 aliphatic carbocycles. The van der Waals surface area contributed by atoms with Crippen molar-refractivity contribution >= 4 is 26.8 Å². The molecule has 2 aromatic heterocycles. The number of aryl methyl sites for hydroxylation is 2. The molecule has 1 saturated heterocycles. The van der Waals surface area contributed by atoms with E-state index in [2.05, 4.69) is 17.0 Å². The topological polar surface area (TPSA) is 43.2 Å². The number of anilines is 1. The zero-order valence-corrected chi connectivity index (χ0v) is 13.2. The number of aromatic nitrogens is 3. The van der Waals surface area contributed by atoms with Gasteiger partial charge in [0.25, 0.3) is 0 Å². The molecule has 0 saturated carbocycles. The van der Waals surface area contributed by atoms with Crippen molar-refractivity contribution < 1.29 is 4.74 Å². The molecule has 0 unspecified atom stereocenters. The third-order valence-electron chi connectivity index (χ3n) is 3.92. The number of hydrogen-bond donors (Lipinski definition) is 0. The molecular weight excluding hydrogens is 272 g/mol. The maximum atomic E-state index is 5.79. The zero-order valence-electron chi connectivity index (χ0n) is 12.4. The van der Waals surface area contributed by atoms with E-state index >= 15 is 0 Å². The minimum absolute atomic E-state index is 0.434. The molecule has 0 radical (unpaired) electrons. The quantitative estimate of drug-likeness (QED) is 0.869. The van der Waals surface area contributed by atoms with Crippen LogP contribution >= 0.6 is 11.3 Å². The first kappa shape index (κ1) is 13.8. The van der Waals surface area contributed by atoms with E-state index in [1.165, 1.54) is 24.0 Å². The van der Waals surface area contributed by atoms with E-state index in [0.717, 1.165) is 36.0 Å². The molecule has 0 bridgehead atoms. The number of nitrogens with zero attached hydrogens (tertiary/aromatic N) is 4. The van der Waals surface area contributed by atoms with Crippen molar-refractivity contribution in [1.29, 1.82) is 0 Å². The summed E-state index contributed by atoms with van der Waals surface area (Å²) in [5, 5.41) is 5.47. The first-order chi connectivity index (χ1) is 9.65. The largest absolute Gasteiger partial charge is 0.378 e. The van der Waals surface area contributed by atoms with E-state index in [1.807, 2.05) is 18.7 Å². The Bertz CT molecular complexity index is 551. The van der Waals surface area contributed by atoms with Gasteiger partial charge in [0, 0.05) is 27.2 Å². The Balaban J connectivity index is 1.65. The molecule has 3 rings (SSSR count). The second-order valence-corrected chi connectivity index (χ2v) is 6.53. The van der Waals surface area contributed by atoms with Crippen molar-refractivity contribution in [3.05, 3.63) is 5.69 Å². The average Bonchev–Trinajstić information content (AvgIpc) is 3.00. The molecule has 2 aromatic rings. The van der Waals surface area contributed by atoms with Crippen LogP contribution in [-0.2, 0) is 11.8 Å². The van der Waals surface area contributed by atoms with E-state index in [9.17, 15) is 0 Å². The van der Waals surface area contributed by atoms with E-state index in [0.29, 0.717) is 6.10 Å². The summed E-state index contributed by atoms with van der Waals surface area (Å²) >= 11 is 1.73. The molecule has 6 heteroatoms. The summed E-state index contributed by atoms with van der Waals surface area (Å²) in [6, 6.07) is 0. The molecule has 0 aromatic carbocycles. The third-order valence-corrected chi connectivity index (χ3v) is 5.19. The second kappa shape index (κ2) is 5.69. The lowest BCUT2D eigenvalue weighted by Crippen LogP contribution is -2.26. The summed E-state index contributed by atoms with van der Waals surface area (Å²) in [5.41, 5.74) is 2.05. The molecule has 110 valence electrons. The van der Waals surface area contributed by atoms with Gasteiger partial charge in [0.2, 0.25) is 0 Å². The molecule has 1 aliphatic rings. The van der Waals surface area contributed by atoms with E-state index < -0.39 is 0 Å². The van der Waals surface area contributed by atoms with Crippen LogP contribution in [-0.4, -0.2) is 41.1 Å². The predicted molar refractivity (Wildman–Crippen MR) is 82.6 cm³/mol. The van der Waals surface area contributed by atoms with Gasteiger partial charge in [-0.15, -0.1) is 0 Å². The Morgan fingerprint density at radius 2 is 2.30 bits per heavy atom. The van der Waals surface area contributed by atoms with Crippen molar-refractivity contribution in [2.75, 3.05) is 25.1 Å². The monoisotopic (exact) mass is 294 g/mol. The zero-order chi connectivity index (χ0) is 14.1.